The van der Waals surface area contributed by atoms with Gasteiger partial charge in [-0.1, -0.05) is 37.3 Å². The highest BCUT2D eigenvalue weighted by atomic mass is 16.5. The van der Waals surface area contributed by atoms with E-state index in [-0.39, 0.29) is 11.8 Å². The fourth-order valence-electron chi connectivity index (χ4n) is 2.76. The summed E-state index contributed by atoms with van der Waals surface area (Å²) >= 11 is 0. The first-order chi connectivity index (χ1) is 14.4. The molecule has 1 unspecified atom stereocenters. The molecule has 1 amide bonds. The van der Waals surface area contributed by atoms with E-state index in [0.29, 0.717) is 35.9 Å². The molecule has 0 aliphatic carbocycles. The minimum absolute atomic E-state index is 0.183. The van der Waals surface area contributed by atoms with E-state index in [1.165, 1.54) is 0 Å². The number of rotatable bonds is 10. The lowest BCUT2D eigenvalue weighted by Crippen LogP contribution is -2.25. The van der Waals surface area contributed by atoms with Gasteiger partial charge in [-0.25, -0.2) is 0 Å². The normalized spacial score (nSPS) is 12.9. The first kappa shape index (κ1) is 23.0. The van der Waals surface area contributed by atoms with Gasteiger partial charge in [0.05, 0.1) is 19.3 Å². The molecule has 0 bridgehead atoms. The Morgan fingerprint density at radius 2 is 1.77 bits per heavy atom. The molecule has 2 rings (SSSR count). The number of benzene rings is 2. The lowest BCUT2D eigenvalue weighted by molar-refractivity contribution is -0.117. The van der Waals surface area contributed by atoms with Crippen LogP contribution < -0.4 is 20.5 Å². The molecule has 6 nitrogen and oxygen atoms in total. The number of nitrogens with two attached hydrogens (primary N) is 1. The van der Waals surface area contributed by atoms with Gasteiger partial charge >= 0.3 is 0 Å². The molecule has 6 heteroatoms. The second-order valence-electron chi connectivity index (χ2n) is 7.00. The van der Waals surface area contributed by atoms with Crippen LogP contribution in [-0.2, 0) is 16.1 Å². The van der Waals surface area contributed by atoms with Crippen LogP contribution >= 0.6 is 0 Å². The number of ether oxygens (including phenoxy) is 3. The van der Waals surface area contributed by atoms with Crippen LogP contribution in [-0.4, -0.2) is 26.7 Å². The highest BCUT2D eigenvalue weighted by Gasteiger charge is 2.10. The van der Waals surface area contributed by atoms with Gasteiger partial charge in [0.25, 0.3) is 5.91 Å². The van der Waals surface area contributed by atoms with E-state index < -0.39 is 0 Å². The number of carbonyl (C=O) groups is 1. The van der Waals surface area contributed by atoms with Crippen LogP contribution in [0.15, 0.2) is 72.0 Å². The van der Waals surface area contributed by atoms with Crippen LogP contribution in [0.2, 0.25) is 0 Å². The van der Waals surface area contributed by atoms with Crippen LogP contribution in [0, 0.1) is 5.92 Å². The predicted molar refractivity (Wildman–Crippen MR) is 118 cm³/mol. The Labute approximate surface area is 178 Å². The zero-order valence-electron chi connectivity index (χ0n) is 18.0. The Morgan fingerprint density at radius 3 is 2.43 bits per heavy atom. The fraction of sp³-hybridized carbons (Fsp3) is 0.292. The standard InChI is InChI=1S/C24H30N2O4/c1-17(16-28-3)11-12-23(18(2)25)24(27)26-15-19-7-5-9-21(13-19)30-22-10-6-8-20(14-22)29-4/h5-14,17H,15-16,25H2,1-4H3,(H,26,27)/b12-11-,23-18-. The maximum absolute atomic E-state index is 12.6. The molecule has 0 fully saturated rings. The van der Waals surface area contributed by atoms with Gasteiger partial charge in [0.15, 0.2) is 0 Å². The second-order valence-corrected chi connectivity index (χ2v) is 7.00. The third kappa shape index (κ3) is 7.29. The number of methoxy groups -OCH3 is 2. The summed E-state index contributed by atoms with van der Waals surface area (Å²) in [4.78, 5) is 12.6. The highest BCUT2D eigenvalue weighted by Crippen LogP contribution is 2.25. The van der Waals surface area contributed by atoms with Crippen LogP contribution in [0.1, 0.15) is 19.4 Å². The minimum atomic E-state index is -0.227. The monoisotopic (exact) mass is 410 g/mol. The lowest BCUT2D eigenvalue weighted by atomic mass is 10.1. The van der Waals surface area contributed by atoms with Crippen molar-refractivity contribution in [1.29, 1.82) is 0 Å². The van der Waals surface area contributed by atoms with Crippen LogP contribution in [0.5, 0.6) is 17.2 Å². The molecule has 0 radical (unpaired) electrons. The summed E-state index contributed by atoms with van der Waals surface area (Å²) in [5.74, 6) is 2.03. The van der Waals surface area contributed by atoms with E-state index >= 15 is 0 Å². The van der Waals surface area contributed by atoms with Gasteiger partial charge in [0.2, 0.25) is 0 Å². The van der Waals surface area contributed by atoms with Crippen molar-refractivity contribution in [3.63, 3.8) is 0 Å². The second kappa shape index (κ2) is 11.7. The van der Waals surface area contributed by atoms with E-state index in [0.717, 1.165) is 11.3 Å². The Kier molecular flexibility index (Phi) is 8.97. The van der Waals surface area contributed by atoms with Crippen molar-refractivity contribution in [2.24, 2.45) is 11.7 Å². The molecule has 3 N–H and O–H groups in total. The molecule has 2 aromatic carbocycles. The third-order valence-electron chi connectivity index (χ3n) is 4.32. The van der Waals surface area contributed by atoms with Gasteiger partial charge in [-0.05, 0) is 42.7 Å². The predicted octanol–water partition coefficient (Wildman–Crippen LogP) is 4.18. The summed E-state index contributed by atoms with van der Waals surface area (Å²) in [6.07, 6.45) is 3.66. The number of amides is 1. The highest BCUT2D eigenvalue weighted by molar-refractivity contribution is 5.96. The Hall–Kier alpha value is -3.25. The molecule has 0 saturated heterocycles. The van der Waals surface area contributed by atoms with Gasteiger partial charge in [0, 0.05) is 25.4 Å². The number of allylic oxidation sites excluding steroid dienone is 1. The van der Waals surface area contributed by atoms with Gasteiger partial charge < -0.3 is 25.3 Å². The first-order valence-corrected chi connectivity index (χ1v) is 9.75. The zero-order chi connectivity index (χ0) is 21.9. The van der Waals surface area contributed by atoms with Crippen molar-refractivity contribution in [2.45, 2.75) is 20.4 Å². The average molecular weight is 411 g/mol. The number of carbonyl (C=O) groups excluding carboxylic acids is 1. The largest absolute Gasteiger partial charge is 0.497 e. The maximum Gasteiger partial charge on any atom is 0.253 e. The molecule has 2 aromatic rings. The SMILES string of the molecule is COCC(C)/C=C\C(C(=O)NCc1cccc(Oc2cccc(OC)c2)c1)=C(/C)N. The van der Waals surface area contributed by atoms with Crippen molar-refractivity contribution in [1.82, 2.24) is 5.32 Å². The Balaban J connectivity index is 2.01. The molecule has 160 valence electrons. The van der Waals surface area contributed by atoms with Crippen molar-refractivity contribution in [3.05, 3.63) is 77.5 Å². The molecule has 30 heavy (non-hydrogen) atoms. The van der Waals surface area contributed by atoms with E-state index in [1.807, 2.05) is 61.5 Å². The van der Waals surface area contributed by atoms with Crippen LogP contribution in [0.25, 0.3) is 0 Å². The zero-order valence-corrected chi connectivity index (χ0v) is 18.0. The molecule has 0 aliphatic heterocycles. The summed E-state index contributed by atoms with van der Waals surface area (Å²) < 4.78 is 16.2. The molecule has 0 heterocycles. The quantitative estimate of drug-likeness (QED) is 0.454. The minimum Gasteiger partial charge on any atom is -0.497 e. The van der Waals surface area contributed by atoms with Crippen LogP contribution in [0.3, 0.4) is 0 Å². The van der Waals surface area contributed by atoms with Crippen molar-refractivity contribution in [2.75, 3.05) is 20.8 Å². The first-order valence-electron chi connectivity index (χ1n) is 9.75. The number of hydrogen-bond donors (Lipinski definition) is 2. The number of hydrogen-bond acceptors (Lipinski definition) is 5. The average Bonchev–Trinajstić information content (AvgIpc) is 2.73. The molecular formula is C24H30N2O4. The van der Waals surface area contributed by atoms with Gasteiger partial charge in [0.1, 0.15) is 17.2 Å². The van der Waals surface area contributed by atoms with Crippen LogP contribution in [0.4, 0.5) is 0 Å². The summed E-state index contributed by atoms with van der Waals surface area (Å²) in [6.45, 7) is 4.65. The molecule has 0 saturated carbocycles. The van der Waals surface area contributed by atoms with E-state index in [1.54, 1.807) is 27.2 Å². The van der Waals surface area contributed by atoms with Gasteiger partial charge in [-0.3, -0.25) is 4.79 Å². The molecular weight excluding hydrogens is 380 g/mol. The van der Waals surface area contributed by atoms with Gasteiger partial charge in [-0.15, -0.1) is 0 Å². The topological polar surface area (TPSA) is 82.8 Å². The van der Waals surface area contributed by atoms with E-state index in [9.17, 15) is 4.79 Å². The van der Waals surface area contributed by atoms with Crippen molar-refractivity contribution < 1.29 is 19.0 Å². The lowest BCUT2D eigenvalue weighted by Gasteiger charge is -2.11. The summed E-state index contributed by atoms with van der Waals surface area (Å²) in [5, 5.41) is 2.91. The Morgan fingerprint density at radius 1 is 1.10 bits per heavy atom. The number of nitrogens with one attached hydrogen (secondary N) is 1. The van der Waals surface area contributed by atoms with E-state index in [2.05, 4.69) is 5.32 Å². The summed E-state index contributed by atoms with van der Waals surface area (Å²) in [5.41, 5.74) is 7.73. The smallest absolute Gasteiger partial charge is 0.253 e. The molecule has 1 atom stereocenters. The van der Waals surface area contributed by atoms with Gasteiger partial charge in [-0.2, -0.15) is 0 Å². The van der Waals surface area contributed by atoms with Crippen molar-refractivity contribution >= 4 is 5.91 Å². The summed E-state index contributed by atoms with van der Waals surface area (Å²) in [7, 11) is 3.26. The third-order valence-corrected chi connectivity index (χ3v) is 4.32. The summed E-state index contributed by atoms with van der Waals surface area (Å²) in [6, 6.07) is 14.9. The molecule has 0 aromatic heterocycles. The Bertz CT molecular complexity index is 902. The molecule has 0 spiro atoms. The molecule has 0 aliphatic rings. The van der Waals surface area contributed by atoms with Crippen molar-refractivity contribution in [3.8, 4) is 17.2 Å². The maximum atomic E-state index is 12.6. The van der Waals surface area contributed by atoms with E-state index in [4.69, 9.17) is 19.9 Å². The fourth-order valence-corrected chi connectivity index (χ4v) is 2.76.